The Labute approximate surface area is 196 Å². The monoisotopic (exact) mass is 478 g/mol. The van der Waals surface area contributed by atoms with Crippen LogP contribution in [-0.2, 0) is 10.0 Å². The van der Waals surface area contributed by atoms with Crippen molar-refractivity contribution in [3.63, 3.8) is 0 Å². The van der Waals surface area contributed by atoms with Crippen molar-refractivity contribution < 1.29 is 23.1 Å². The zero-order valence-corrected chi connectivity index (χ0v) is 21.0. The van der Waals surface area contributed by atoms with Crippen molar-refractivity contribution in [2.45, 2.75) is 4.90 Å². The molecule has 33 heavy (non-hydrogen) atoms. The molecule has 0 amide bonds. The van der Waals surface area contributed by atoms with E-state index in [9.17, 15) is 18.3 Å². The van der Waals surface area contributed by atoms with Crippen LogP contribution in [0.4, 0.5) is 5.69 Å². The van der Waals surface area contributed by atoms with Gasteiger partial charge in [0, 0.05) is 40.3 Å². The number of hydrogen-bond donors (Lipinski definition) is 1. The van der Waals surface area contributed by atoms with Gasteiger partial charge in [-0.25, -0.2) is 17.5 Å². The minimum atomic E-state index is -4.00. The fourth-order valence-electron chi connectivity index (χ4n) is 3.04. The van der Waals surface area contributed by atoms with Gasteiger partial charge < -0.3 is 24.5 Å². The largest absolute Gasteiger partial charge is 0.478 e. The number of sulfonamides is 1. The fourth-order valence-corrected chi connectivity index (χ4v) is 4.09. The number of carbonyl (C=O) groups is 1. The van der Waals surface area contributed by atoms with Gasteiger partial charge in [-0.1, -0.05) is 18.2 Å². The van der Waals surface area contributed by atoms with Gasteiger partial charge in [-0.15, -0.1) is 0 Å². The molecule has 0 aromatic heterocycles. The average Bonchev–Trinajstić information content (AvgIpc) is 2.74. The lowest BCUT2D eigenvalue weighted by atomic mass is 10.1. The van der Waals surface area contributed by atoms with Gasteiger partial charge in [0.2, 0.25) is 10.0 Å². The predicted octanol–water partition coefficient (Wildman–Crippen LogP) is 2.36. The van der Waals surface area contributed by atoms with Crippen LogP contribution in [0.15, 0.2) is 47.4 Å². The van der Waals surface area contributed by atoms with Crippen molar-refractivity contribution in [3.05, 3.63) is 48.0 Å². The first-order chi connectivity index (χ1) is 15.4. The van der Waals surface area contributed by atoms with Gasteiger partial charge >= 0.3 is 5.97 Å². The van der Waals surface area contributed by atoms with Gasteiger partial charge in [0.05, 0.1) is 11.3 Å². The van der Waals surface area contributed by atoms with Crippen LogP contribution in [0.2, 0.25) is 0 Å². The Bertz CT molecular complexity index is 1030. The van der Waals surface area contributed by atoms with E-state index in [1.54, 1.807) is 24.3 Å². The Morgan fingerprint density at radius 1 is 0.879 bits per heavy atom. The zero-order valence-electron chi connectivity index (χ0n) is 20.1. The molecule has 0 bridgehead atoms. The molecule has 1 N–H and O–H groups in total. The molecule has 0 aliphatic rings. The molecule has 2 aromatic carbocycles. The highest BCUT2D eigenvalue weighted by Gasteiger charge is 2.29. The summed E-state index contributed by atoms with van der Waals surface area (Å²) < 4.78 is 33.7. The van der Waals surface area contributed by atoms with E-state index in [1.165, 1.54) is 20.2 Å². The third kappa shape index (κ3) is 7.16. The van der Waals surface area contributed by atoms with E-state index in [0.29, 0.717) is 37.6 Å². The van der Waals surface area contributed by atoms with Crippen LogP contribution in [0.5, 0.6) is 11.5 Å². The molecule has 0 unspecified atom stereocenters. The lowest BCUT2D eigenvalue weighted by molar-refractivity contribution is 0.0696. The minimum Gasteiger partial charge on any atom is -0.478 e. The van der Waals surface area contributed by atoms with E-state index in [0.717, 1.165) is 10.4 Å². The first kappa shape index (κ1) is 26.6. The summed E-state index contributed by atoms with van der Waals surface area (Å²) in [6.07, 6.45) is 0. The SMILES string of the molecule is CN(C)CCN(CCN(C)C)c1cc(C(=O)O)cc(S(=O)(=O)N(C)C)c1Oc1ccccc1. The van der Waals surface area contributed by atoms with Crippen molar-refractivity contribution in [2.75, 3.05) is 73.4 Å². The van der Waals surface area contributed by atoms with Gasteiger partial charge in [0.1, 0.15) is 10.6 Å². The molecule has 0 aliphatic carbocycles. The number of carboxylic acids is 1. The number of aromatic carboxylic acids is 1. The molecule has 0 saturated carbocycles. The Kier molecular flexibility index (Phi) is 9.24. The van der Waals surface area contributed by atoms with Crippen LogP contribution in [0.3, 0.4) is 0 Å². The topological polar surface area (TPSA) is 93.6 Å². The second kappa shape index (κ2) is 11.5. The summed E-state index contributed by atoms with van der Waals surface area (Å²) in [7, 11) is 6.59. The molecular formula is C23H34N4O5S. The molecule has 0 aliphatic heterocycles. The van der Waals surface area contributed by atoms with E-state index in [1.807, 2.05) is 49.0 Å². The van der Waals surface area contributed by atoms with Crippen molar-refractivity contribution in [1.29, 1.82) is 0 Å². The van der Waals surface area contributed by atoms with E-state index < -0.39 is 16.0 Å². The summed E-state index contributed by atoms with van der Waals surface area (Å²) in [5.74, 6) is -0.646. The molecule has 0 heterocycles. The average molecular weight is 479 g/mol. The number of anilines is 1. The molecule has 0 radical (unpaired) electrons. The Morgan fingerprint density at radius 3 is 1.88 bits per heavy atom. The summed E-state index contributed by atoms with van der Waals surface area (Å²) in [5, 5.41) is 9.75. The number of benzene rings is 2. The highest BCUT2D eigenvalue weighted by Crippen LogP contribution is 2.40. The summed E-state index contributed by atoms with van der Waals surface area (Å²) in [4.78, 5) is 17.8. The van der Waals surface area contributed by atoms with Crippen molar-refractivity contribution in [1.82, 2.24) is 14.1 Å². The maximum Gasteiger partial charge on any atom is 0.335 e. The molecule has 2 rings (SSSR count). The normalized spacial score (nSPS) is 11.9. The summed E-state index contributed by atoms with van der Waals surface area (Å²) in [6.45, 7) is 2.48. The Hall–Kier alpha value is -2.66. The lowest BCUT2D eigenvalue weighted by Crippen LogP contribution is -2.37. The first-order valence-electron chi connectivity index (χ1n) is 10.5. The van der Waals surface area contributed by atoms with E-state index >= 15 is 0 Å². The van der Waals surface area contributed by atoms with Crippen LogP contribution in [-0.4, -0.2) is 102 Å². The van der Waals surface area contributed by atoms with Crippen molar-refractivity contribution in [2.24, 2.45) is 0 Å². The fraction of sp³-hybridized carbons (Fsp3) is 0.435. The second-order valence-corrected chi connectivity index (χ2v) is 10.5. The molecule has 0 spiro atoms. The number of likely N-dealkylation sites (N-methyl/N-ethyl adjacent to an activating group) is 2. The smallest absolute Gasteiger partial charge is 0.335 e. The van der Waals surface area contributed by atoms with Gasteiger partial charge in [0.15, 0.2) is 5.75 Å². The minimum absolute atomic E-state index is 0.109. The number of rotatable bonds is 12. The van der Waals surface area contributed by atoms with E-state index in [-0.39, 0.29) is 16.2 Å². The van der Waals surface area contributed by atoms with Crippen LogP contribution in [0.25, 0.3) is 0 Å². The van der Waals surface area contributed by atoms with Gasteiger partial charge in [-0.2, -0.15) is 0 Å². The number of hydrogen-bond acceptors (Lipinski definition) is 7. The summed E-state index contributed by atoms with van der Waals surface area (Å²) >= 11 is 0. The highest BCUT2D eigenvalue weighted by molar-refractivity contribution is 7.89. The Balaban J connectivity index is 2.79. The standard InChI is InChI=1S/C23H34N4O5S/c1-24(2)12-14-27(15-13-25(3)4)20-16-18(23(28)29)17-21(33(30,31)26(5)6)22(20)32-19-10-8-7-9-11-19/h7-11,16-17H,12-15H2,1-6H3,(H,28,29). The molecule has 182 valence electrons. The summed E-state index contributed by atoms with van der Waals surface area (Å²) in [5.41, 5.74) is 0.299. The molecule has 0 atom stereocenters. The lowest BCUT2D eigenvalue weighted by Gasteiger charge is -2.30. The highest BCUT2D eigenvalue weighted by atomic mass is 32.2. The van der Waals surface area contributed by atoms with E-state index in [2.05, 4.69) is 0 Å². The maximum absolute atomic E-state index is 13.2. The van der Waals surface area contributed by atoms with Crippen LogP contribution in [0, 0.1) is 0 Å². The number of para-hydroxylation sites is 1. The second-order valence-electron chi connectivity index (χ2n) is 8.42. The van der Waals surface area contributed by atoms with Crippen molar-refractivity contribution >= 4 is 21.7 Å². The molecular weight excluding hydrogens is 444 g/mol. The molecule has 10 heteroatoms. The van der Waals surface area contributed by atoms with Crippen molar-refractivity contribution in [3.8, 4) is 11.5 Å². The van der Waals surface area contributed by atoms with Crippen LogP contribution >= 0.6 is 0 Å². The van der Waals surface area contributed by atoms with Gasteiger partial charge in [0.25, 0.3) is 0 Å². The quantitative estimate of drug-likeness (QED) is 0.497. The maximum atomic E-state index is 13.2. The molecule has 9 nitrogen and oxygen atoms in total. The number of ether oxygens (including phenoxy) is 1. The van der Waals surface area contributed by atoms with Crippen LogP contribution in [0.1, 0.15) is 10.4 Å². The Morgan fingerprint density at radius 2 is 1.42 bits per heavy atom. The van der Waals surface area contributed by atoms with E-state index in [4.69, 9.17) is 4.74 Å². The third-order valence-electron chi connectivity index (χ3n) is 4.98. The predicted molar refractivity (Wildman–Crippen MR) is 130 cm³/mol. The molecule has 0 fully saturated rings. The molecule has 2 aromatic rings. The van der Waals surface area contributed by atoms with Gasteiger partial charge in [-0.05, 0) is 52.5 Å². The molecule has 0 saturated heterocycles. The summed E-state index contributed by atoms with van der Waals surface area (Å²) in [6, 6.07) is 11.5. The first-order valence-corrected chi connectivity index (χ1v) is 12.0. The third-order valence-corrected chi connectivity index (χ3v) is 6.80. The van der Waals surface area contributed by atoms with Crippen LogP contribution < -0.4 is 9.64 Å². The number of nitrogens with zero attached hydrogens (tertiary/aromatic N) is 4. The zero-order chi connectivity index (χ0) is 24.8. The van der Waals surface area contributed by atoms with Gasteiger partial charge in [-0.3, -0.25) is 0 Å². The number of carboxylic acid groups (broad SMARTS) is 1.